The maximum atomic E-state index is 12.8. The molecule has 0 fully saturated rings. The molecule has 11 heteroatoms. The van der Waals surface area contributed by atoms with Gasteiger partial charge in [-0.3, -0.25) is 18.5 Å². The summed E-state index contributed by atoms with van der Waals surface area (Å²) in [6.07, 6.45) is 2.87. The van der Waals surface area contributed by atoms with Gasteiger partial charge in [-0.05, 0) is 26.7 Å². The Morgan fingerprint density at radius 2 is 1.86 bits per heavy atom. The smallest absolute Gasteiger partial charge is 0.332 e. The molecule has 0 radical (unpaired) electrons. The van der Waals surface area contributed by atoms with Gasteiger partial charge in [0.05, 0.1) is 19.5 Å². The molecule has 2 aromatic rings. The van der Waals surface area contributed by atoms with Crippen LogP contribution in [0.1, 0.15) is 33.6 Å². The van der Waals surface area contributed by atoms with Crippen LogP contribution in [0, 0.1) is 0 Å². The summed E-state index contributed by atoms with van der Waals surface area (Å²) in [5, 5.41) is 0. The third kappa shape index (κ3) is 5.00. The molecule has 0 aliphatic carbocycles. The Hall–Kier alpha value is -1.74. The fourth-order valence-electron chi connectivity index (χ4n) is 2.80. The first-order valence-electron chi connectivity index (χ1n) is 9.49. The Balaban J connectivity index is 2.11. The highest BCUT2D eigenvalue weighted by atomic mass is 31.2. The van der Waals surface area contributed by atoms with Gasteiger partial charge in [-0.2, -0.15) is 0 Å². The predicted octanol–water partition coefficient (Wildman–Crippen LogP) is 1.94. The van der Waals surface area contributed by atoms with Crippen LogP contribution in [0.2, 0.25) is 0 Å². The molecule has 0 bridgehead atoms. The van der Waals surface area contributed by atoms with Crippen molar-refractivity contribution in [1.82, 2.24) is 18.7 Å². The lowest BCUT2D eigenvalue weighted by Crippen LogP contribution is -2.39. The van der Waals surface area contributed by atoms with E-state index in [1.807, 2.05) is 6.92 Å². The number of hydrogen-bond donors (Lipinski definition) is 0. The van der Waals surface area contributed by atoms with Crippen LogP contribution in [0.5, 0.6) is 0 Å². The Kier molecular flexibility index (Phi) is 8.18. The Labute approximate surface area is 163 Å². The molecule has 158 valence electrons. The van der Waals surface area contributed by atoms with Gasteiger partial charge in [-0.1, -0.05) is 6.92 Å². The highest BCUT2D eigenvalue weighted by molar-refractivity contribution is 7.53. The lowest BCUT2D eigenvalue weighted by Gasteiger charge is -2.16. The van der Waals surface area contributed by atoms with Crippen LogP contribution >= 0.6 is 7.60 Å². The van der Waals surface area contributed by atoms with Gasteiger partial charge in [0.25, 0.3) is 5.56 Å². The lowest BCUT2D eigenvalue weighted by molar-refractivity contribution is 0.0903. The number of unbranched alkanes of at least 4 members (excludes halogenated alkanes) is 1. The van der Waals surface area contributed by atoms with Crippen molar-refractivity contribution in [2.75, 3.05) is 26.0 Å². The second-order valence-corrected chi connectivity index (χ2v) is 8.56. The molecule has 10 nitrogen and oxygen atoms in total. The molecule has 0 aliphatic heterocycles. The number of ether oxygens (including phenoxy) is 1. The van der Waals surface area contributed by atoms with Gasteiger partial charge in [0.15, 0.2) is 11.2 Å². The fraction of sp³-hybridized carbons (Fsp3) is 0.706. The number of rotatable bonds is 12. The van der Waals surface area contributed by atoms with E-state index in [1.165, 1.54) is 15.5 Å². The summed E-state index contributed by atoms with van der Waals surface area (Å²) in [5.41, 5.74) is -0.160. The predicted molar refractivity (Wildman–Crippen MR) is 106 cm³/mol. The quantitative estimate of drug-likeness (QED) is 0.384. The fourth-order valence-corrected chi connectivity index (χ4v) is 4.04. The first-order valence-corrected chi connectivity index (χ1v) is 11.2. The van der Waals surface area contributed by atoms with Crippen molar-refractivity contribution in [3.8, 4) is 0 Å². The van der Waals surface area contributed by atoms with Crippen molar-refractivity contribution in [3.63, 3.8) is 0 Å². The summed E-state index contributed by atoms with van der Waals surface area (Å²) in [6.45, 7) is 6.87. The van der Waals surface area contributed by atoms with E-state index >= 15 is 0 Å². The third-order valence-corrected chi connectivity index (χ3v) is 6.32. The summed E-state index contributed by atoms with van der Waals surface area (Å²) in [7, 11) is -1.46. The number of imidazole rings is 1. The van der Waals surface area contributed by atoms with Crippen molar-refractivity contribution in [2.45, 2.75) is 46.9 Å². The number of fused-ring (bicyclic) bond motifs is 1. The van der Waals surface area contributed by atoms with Crippen molar-refractivity contribution in [2.24, 2.45) is 7.05 Å². The van der Waals surface area contributed by atoms with E-state index in [4.69, 9.17) is 13.8 Å². The van der Waals surface area contributed by atoms with Crippen LogP contribution in [-0.2, 0) is 38.7 Å². The molecule has 0 spiro atoms. The molecule has 0 saturated heterocycles. The second-order valence-electron chi connectivity index (χ2n) is 6.19. The molecule has 0 saturated carbocycles. The van der Waals surface area contributed by atoms with Gasteiger partial charge in [-0.15, -0.1) is 0 Å². The molecule has 2 heterocycles. The minimum Gasteiger partial charge on any atom is -0.361 e. The number of nitrogens with zero attached hydrogens (tertiary/aromatic N) is 4. The van der Waals surface area contributed by atoms with Gasteiger partial charge in [0.2, 0.25) is 0 Å². The molecule has 0 aliphatic rings. The number of aryl methyl sites for hydroxylation is 1. The topological polar surface area (TPSA) is 107 Å². The van der Waals surface area contributed by atoms with E-state index in [2.05, 4.69) is 4.98 Å². The van der Waals surface area contributed by atoms with Crippen molar-refractivity contribution >= 4 is 18.8 Å². The van der Waals surface area contributed by atoms with E-state index in [0.717, 1.165) is 0 Å². The van der Waals surface area contributed by atoms with Gasteiger partial charge >= 0.3 is 13.3 Å². The minimum atomic E-state index is -3.04. The number of aromatic nitrogens is 4. The Morgan fingerprint density at radius 1 is 1.11 bits per heavy atom. The highest BCUT2D eigenvalue weighted by Crippen LogP contribution is 2.47. The first-order chi connectivity index (χ1) is 13.4. The third-order valence-electron chi connectivity index (χ3n) is 4.31. The van der Waals surface area contributed by atoms with Crippen molar-refractivity contribution in [1.29, 1.82) is 0 Å². The molecular weight excluding hydrogens is 387 g/mol. The maximum absolute atomic E-state index is 12.8. The van der Waals surface area contributed by atoms with E-state index < -0.39 is 18.8 Å². The molecule has 0 N–H and O–H groups in total. The second kappa shape index (κ2) is 10.2. The van der Waals surface area contributed by atoms with Crippen LogP contribution in [0.25, 0.3) is 11.2 Å². The molecule has 28 heavy (non-hydrogen) atoms. The molecule has 2 rings (SSSR count). The largest absolute Gasteiger partial charge is 0.361 e. The van der Waals surface area contributed by atoms with E-state index in [1.54, 1.807) is 25.5 Å². The minimum absolute atomic E-state index is 0.192. The number of hydrogen-bond acceptors (Lipinski definition) is 7. The van der Waals surface area contributed by atoms with Crippen molar-refractivity contribution < 1.29 is 18.3 Å². The molecule has 2 aromatic heterocycles. The monoisotopic (exact) mass is 416 g/mol. The van der Waals surface area contributed by atoms with Crippen molar-refractivity contribution in [3.05, 3.63) is 27.2 Å². The molecule has 1 atom stereocenters. The molecular formula is C17H29N4O6P. The van der Waals surface area contributed by atoms with Crippen LogP contribution in [0.15, 0.2) is 15.9 Å². The van der Waals surface area contributed by atoms with Crippen LogP contribution in [-0.4, -0.2) is 44.7 Å². The summed E-state index contributed by atoms with van der Waals surface area (Å²) in [4.78, 5) is 29.5. The highest BCUT2D eigenvalue weighted by Gasteiger charge is 2.20. The zero-order valence-corrected chi connectivity index (χ0v) is 17.8. The Morgan fingerprint density at radius 3 is 2.50 bits per heavy atom. The zero-order chi connectivity index (χ0) is 20.7. The summed E-state index contributed by atoms with van der Waals surface area (Å²) in [6, 6.07) is 0. The Bertz CT molecular complexity index is 947. The first kappa shape index (κ1) is 22.5. The average molecular weight is 416 g/mol. The van der Waals surface area contributed by atoms with E-state index in [0.29, 0.717) is 43.4 Å². The maximum Gasteiger partial charge on any atom is 0.332 e. The van der Waals surface area contributed by atoms with E-state index in [-0.39, 0.29) is 19.9 Å². The van der Waals surface area contributed by atoms with Crippen LogP contribution in [0.4, 0.5) is 0 Å². The van der Waals surface area contributed by atoms with Gasteiger partial charge < -0.3 is 18.4 Å². The zero-order valence-electron chi connectivity index (χ0n) is 16.9. The SMILES string of the molecule is CCOCn1cnc2c1c(=O)n(CCCCOP(=O)(CC)OCC)c(=O)n2C. The normalized spacial score (nSPS) is 13.9. The van der Waals surface area contributed by atoms with Gasteiger partial charge in [0, 0.05) is 26.4 Å². The summed E-state index contributed by atoms with van der Waals surface area (Å²) < 4.78 is 32.3. The van der Waals surface area contributed by atoms with Crippen LogP contribution < -0.4 is 11.2 Å². The summed E-state index contributed by atoms with van der Waals surface area (Å²) >= 11 is 0. The average Bonchev–Trinajstić information content (AvgIpc) is 3.11. The summed E-state index contributed by atoms with van der Waals surface area (Å²) in [5.74, 6) is 0. The van der Waals surface area contributed by atoms with Crippen LogP contribution in [0.3, 0.4) is 0 Å². The van der Waals surface area contributed by atoms with Gasteiger partial charge in [-0.25, -0.2) is 9.78 Å². The lowest BCUT2D eigenvalue weighted by atomic mass is 10.3. The molecule has 0 amide bonds. The molecule has 0 aromatic carbocycles. The standard InChI is InChI=1S/C17H29N4O6P/c1-5-25-13-20-12-18-15-14(20)16(22)21(17(23)19(15)4)10-8-9-11-27-28(24,7-3)26-6-2/h12H,5-11,13H2,1-4H3. The van der Waals surface area contributed by atoms with E-state index in [9.17, 15) is 14.2 Å². The van der Waals surface area contributed by atoms with Gasteiger partial charge in [0.1, 0.15) is 6.73 Å². The molecule has 1 unspecified atom stereocenters.